The molecule has 0 aliphatic heterocycles. The number of nitrogens with two attached hydrogens (primary N) is 1. The SMILES string of the molecule is CC(C)CCC(C)Nc1snc(N)c1C1CC1. The lowest BCUT2D eigenvalue weighted by Gasteiger charge is -2.16. The normalized spacial score (nSPS) is 17.4. The van der Waals surface area contributed by atoms with Gasteiger partial charge in [0.15, 0.2) is 0 Å². The van der Waals surface area contributed by atoms with E-state index in [-0.39, 0.29) is 0 Å². The average Bonchev–Trinajstić information content (AvgIpc) is 3.02. The van der Waals surface area contributed by atoms with Gasteiger partial charge in [0.05, 0.1) is 0 Å². The van der Waals surface area contributed by atoms with E-state index in [4.69, 9.17) is 5.73 Å². The second kappa shape index (κ2) is 5.25. The Morgan fingerprint density at radius 2 is 2.06 bits per heavy atom. The fourth-order valence-corrected chi connectivity index (χ4v) is 2.97. The van der Waals surface area contributed by atoms with Gasteiger partial charge < -0.3 is 11.1 Å². The lowest BCUT2D eigenvalue weighted by molar-refractivity contribution is 0.528. The van der Waals surface area contributed by atoms with E-state index >= 15 is 0 Å². The predicted molar refractivity (Wildman–Crippen MR) is 75.7 cm³/mol. The van der Waals surface area contributed by atoms with Crippen LogP contribution < -0.4 is 11.1 Å². The fraction of sp³-hybridized carbons (Fsp3) is 0.769. The van der Waals surface area contributed by atoms with Gasteiger partial charge in [-0.3, -0.25) is 0 Å². The Balaban J connectivity index is 1.93. The zero-order valence-corrected chi connectivity index (χ0v) is 11.8. The summed E-state index contributed by atoms with van der Waals surface area (Å²) < 4.78 is 4.28. The maximum atomic E-state index is 5.94. The van der Waals surface area contributed by atoms with Crippen molar-refractivity contribution in [3.63, 3.8) is 0 Å². The Morgan fingerprint density at radius 1 is 1.35 bits per heavy atom. The third kappa shape index (κ3) is 3.35. The summed E-state index contributed by atoms with van der Waals surface area (Å²) in [5.41, 5.74) is 7.22. The van der Waals surface area contributed by atoms with Gasteiger partial charge in [0.2, 0.25) is 0 Å². The molecule has 17 heavy (non-hydrogen) atoms. The number of aromatic nitrogens is 1. The molecule has 1 unspecified atom stereocenters. The Bertz CT molecular complexity index is 369. The number of nitrogens with zero attached hydrogens (tertiary/aromatic N) is 1. The molecule has 3 nitrogen and oxygen atoms in total. The van der Waals surface area contributed by atoms with E-state index in [0.717, 1.165) is 11.7 Å². The van der Waals surface area contributed by atoms with Crippen molar-refractivity contribution in [3.05, 3.63) is 5.56 Å². The average molecular weight is 253 g/mol. The van der Waals surface area contributed by atoms with Crippen LogP contribution in [0.4, 0.5) is 10.8 Å². The highest BCUT2D eigenvalue weighted by molar-refractivity contribution is 7.10. The minimum Gasteiger partial charge on any atom is -0.383 e. The number of nitrogens with one attached hydrogen (secondary N) is 1. The van der Waals surface area contributed by atoms with Crippen molar-refractivity contribution in [2.24, 2.45) is 5.92 Å². The van der Waals surface area contributed by atoms with Gasteiger partial charge >= 0.3 is 0 Å². The number of hydrogen-bond acceptors (Lipinski definition) is 4. The van der Waals surface area contributed by atoms with Crippen LogP contribution in [0, 0.1) is 5.92 Å². The quantitative estimate of drug-likeness (QED) is 0.810. The van der Waals surface area contributed by atoms with Crippen molar-refractivity contribution < 1.29 is 0 Å². The van der Waals surface area contributed by atoms with Gasteiger partial charge in [0.25, 0.3) is 0 Å². The lowest BCUT2D eigenvalue weighted by atomic mass is 10.0. The smallest absolute Gasteiger partial charge is 0.142 e. The highest BCUT2D eigenvalue weighted by Gasteiger charge is 2.30. The van der Waals surface area contributed by atoms with Crippen molar-refractivity contribution in [2.75, 3.05) is 11.1 Å². The lowest BCUT2D eigenvalue weighted by Crippen LogP contribution is -2.15. The Morgan fingerprint density at radius 3 is 2.65 bits per heavy atom. The van der Waals surface area contributed by atoms with Gasteiger partial charge in [0, 0.05) is 11.6 Å². The molecule has 96 valence electrons. The van der Waals surface area contributed by atoms with Gasteiger partial charge in [0.1, 0.15) is 10.8 Å². The van der Waals surface area contributed by atoms with Crippen molar-refractivity contribution in [2.45, 2.75) is 58.4 Å². The second-order valence-corrected chi connectivity index (χ2v) is 6.37. The summed E-state index contributed by atoms with van der Waals surface area (Å²) in [6.45, 7) is 6.79. The molecule has 1 heterocycles. The molecule has 3 N–H and O–H groups in total. The Labute approximate surface area is 108 Å². The number of nitrogen functional groups attached to an aromatic ring is 1. The zero-order valence-electron chi connectivity index (χ0n) is 11.0. The Kier molecular flexibility index (Phi) is 3.92. The fourth-order valence-electron chi connectivity index (χ4n) is 2.06. The molecular formula is C13H23N3S. The summed E-state index contributed by atoms with van der Waals surface area (Å²) in [6, 6.07) is 0.509. The van der Waals surface area contributed by atoms with E-state index in [1.807, 2.05) is 0 Å². The minimum atomic E-state index is 0.509. The van der Waals surface area contributed by atoms with Crippen molar-refractivity contribution in [3.8, 4) is 0 Å². The first-order chi connectivity index (χ1) is 8.08. The molecule has 0 aromatic carbocycles. The van der Waals surface area contributed by atoms with Crippen LogP contribution in [-0.4, -0.2) is 10.4 Å². The van der Waals surface area contributed by atoms with Crippen LogP contribution in [0.25, 0.3) is 0 Å². The molecule has 1 aromatic heterocycles. The first-order valence-electron chi connectivity index (χ1n) is 6.59. The topological polar surface area (TPSA) is 50.9 Å². The highest BCUT2D eigenvalue weighted by Crippen LogP contribution is 2.47. The Hall–Kier alpha value is -0.770. The predicted octanol–water partition coefficient (Wildman–Crippen LogP) is 3.84. The van der Waals surface area contributed by atoms with Gasteiger partial charge in [-0.1, -0.05) is 13.8 Å². The van der Waals surface area contributed by atoms with Crippen LogP contribution in [0.3, 0.4) is 0 Å². The van der Waals surface area contributed by atoms with E-state index in [1.54, 1.807) is 0 Å². The first-order valence-corrected chi connectivity index (χ1v) is 7.36. The van der Waals surface area contributed by atoms with Crippen LogP contribution >= 0.6 is 11.5 Å². The van der Waals surface area contributed by atoms with E-state index in [0.29, 0.717) is 12.0 Å². The largest absolute Gasteiger partial charge is 0.383 e. The molecule has 4 heteroatoms. The maximum absolute atomic E-state index is 5.94. The minimum absolute atomic E-state index is 0.509. The van der Waals surface area contributed by atoms with Crippen molar-refractivity contribution in [1.82, 2.24) is 4.37 Å². The molecule has 2 rings (SSSR count). The molecule has 0 bridgehead atoms. The number of anilines is 2. The van der Waals surface area contributed by atoms with Crippen LogP contribution in [0.5, 0.6) is 0 Å². The van der Waals surface area contributed by atoms with E-state index in [9.17, 15) is 0 Å². The van der Waals surface area contributed by atoms with Crippen molar-refractivity contribution in [1.29, 1.82) is 0 Å². The van der Waals surface area contributed by atoms with Crippen molar-refractivity contribution >= 4 is 22.4 Å². The summed E-state index contributed by atoms with van der Waals surface area (Å²) in [5.74, 6) is 2.19. The maximum Gasteiger partial charge on any atom is 0.142 e. The number of rotatable bonds is 6. The molecule has 0 saturated heterocycles. The van der Waals surface area contributed by atoms with E-state index < -0.39 is 0 Å². The summed E-state index contributed by atoms with van der Waals surface area (Å²) >= 11 is 1.52. The van der Waals surface area contributed by atoms with Crippen LogP contribution in [-0.2, 0) is 0 Å². The summed E-state index contributed by atoms with van der Waals surface area (Å²) in [6.07, 6.45) is 5.02. The van der Waals surface area contributed by atoms with Gasteiger partial charge in [-0.2, -0.15) is 4.37 Å². The third-order valence-corrected chi connectivity index (χ3v) is 4.10. The standard InChI is InChI=1S/C13H23N3S/c1-8(2)4-5-9(3)15-13-11(10-6-7-10)12(14)16-17-13/h8-10,15H,4-7H2,1-3H3,(H2,14,16). The van der Waals surface area contributed by atoms with Gasteiger partial charge in [-0.15, -0.1) is 0 Å². The first kappa shape index (κ1) is 12.7. The molecular weight excluding hydrogens is 230 g/mol. The summed E-state index contributed by atoms with van der Waals surface area (Å²) in [7, 11) is 0. The van der Waals surface area contributed by atoms with E-state index in [1.165, 1.54) is 47.8 Å². The molecule has 1 fully saturated rings. The van der Waals surface area contributed by atoms with Crippen LogP contribution in [0.2, 0.25) is 0 Å². The molecule has 1 saturated carbocycles. The highest BCUT2D eigenvalue weighted by atomic mass is 32.1. The molecule has 1 aliphatic carbocycles. The van der Waals surface area contributed by atoms with Gasteiger partial charge in [-0.25, -0.2) is 0 Å². The van der Waals surface area contributed by atoms with Crippen LogP contribution in [0.15, 0.2) is 0 Å². The molecule has 0 spiro atoms. The molecule has 0 radical (unpaired) electrons. The molecule has 1 aromatic rings. The monoisotopic (exact) mass is 253 g/mol. The molecule has 1 atom stereocenters. The van der Waals surface area contributed by atoms with Gasteiger partial charge in [-0.05, 0) is 56.0 Å². The summed E-state index contributed by atoms with van der Waals surface area (Å²) in [5, 5.41) is 4.79. The van der Waals surface area contributed by atoms with E-state index in [2.05, 4.69) is 30.5 Å². The van der Waals surface area contributed by atoms with Crippen LogP contribution in [0.1, 0.15) is 57.9 Å². The molecule has 1 aliphatic rings. The third-order valence-electron chi connectivity index (χ3n) is 3.30. The summed E-state index contributed by atoms with van der Waals surface area (Å²) in [4.78, 5) is 0. The number of hydrogen-bond donors (Lipinski definition) is 2. The zero-order chi connectivity index (χ0) is 12.4. The molecule has 0 amide bonds. The second-order valence-electron chi connectivity index (χ2n) is 5.60.